The van der Waals surface area contributed by atoms with Gasteiger partial charge in [0.25, 0.3) is 0 Å². The van der Waals surface area contributed by atoms with Crippen LogP contribution in [0.15, 0.2) is 216 Å². The third-order valence-corrected chi connectivity index (χ3v) is 18.3. The van der Waals surface area contributed by atoms with E-state index < -0.39 is 0 Å². The Kier molecular flexibility index (Phi) is 24.1. The molecule has 14 nitrogen and oxygen atoms in total. The summed E-state index contributed by atoms with van der Waals surface area (Å²) in [4.78, 5) is 53.1. The van der Waals surface area contributed by atoms with E-state index in [0.717, 1.165) is 79.5 Å². The number of benzene rings is 9. The van der Waals surface area contributed by atoms with Crippen molar-refractivity contribution < 1.29 is 23.7 Å². The Labute approximate surface area is 607 Å². The summed E-state index contributed by atoms with van der Waals surface area (Å²) in [6, 6.07) is 61.0. The monoisotopic (exact) mass is 1520 g/mol. The summed E-state index contributed by atoms with van der Waals surface area (Å²) in [6.07, 6.45) is 16.1. The van der Waals surface area contributed by atoms with Gasteiger partial charge in [-0.2, -0.15) is 15.0 Å². The average Bonchev–Trinajstić information content (AvgIpc) is 0.777. The molecule has 3 aromatic heterocycles. The van der Waals surface area contributed by atoms with Crippen LogP contribution in [0.4, 0.5) is 0 Å². The molecule has 0 amide bonds. The fourth-order valence-electron chi connectivity index (χ4n) is 11.5. The first kappa shape index (κ1) is 72.3. The molecule has 0 spiro atoms. The lowest BCUT2D eigenvalue weighted by Crippen LogP contribution is -2.24. The Morgan fingerprint density at radius 1 is 0.400 bits per heavy atom. The summed E-state index contributed by atoms with van der Waals surface area (Å²) in [5, 5.41) is 2.47. The number of terminal acetylenes is 3. The molecule has 0 unspecified atom stereocenters. The van der Waals surface area contributed by atoms with Gasteiger partial charge in [0.2, 0.25) is 0 Å². The number of hydrogen-bond donors (Lipinski definition) is 0. The van der Waals surface area contributed by atoms with Crippen molar-refractivity contribution >= 4 is 80.5 Å². The van der Waals surface area contributed by atoms with E-state index in [1.807, 2.05) is 152 Å². The minimum Gasteiger partial charge on any atom is -0.493 e. The molecule has 0 fully saturated rings. The summed E-state index contributed by atoms with van der Waals surface area (Å²) < 4.78 is 35.6. The number of rotatable bonds is 20. The van der Waals surface area contributed by atoms with Gasteiger partial charge in [0.05, 0.1) is 72.0 Å². The van der Waals surface area contributed by atoms with Crippen LogP contribution in [0.2, 0.25) is 0 Å². The second kappa shape index (κ2) is 33.4. The molecule has 100 heavy (non-hydrogen) atoms. The molecular weight excluding hydrogens is 1450 g/mol. The van der Waals surface area contributed by atoms with Gasteiger partial charge in [-0.05, 0) is 158 Å². The number of ether oxygens (including phenoxy) is 5. The minimum absolute atomic E-state index is 0.149. The maximum atomic E-state index is 13.4. The molecule has 0 aliphatic rings. The van der Waals surface area contributed by atoms with Gasteiger partial charge in [-0.25, -0.2) is 14.4 Å². The topological polar surface area (TPSA) is 151 Å². The zero-order chi connectivity index (χ0) is 71.1. The predicted octanol–water partition coefficient (Wildman–Crippen LogP) is 18.0. The zero-order valence-electron chi connectivity index (χ0n) is 56.7. The highest BCUT2D eigenvalue weighted by Crippen LogP contribution is 2.38. The van der Waals surface area contributed by atoms with E-state index in [0.29, 0.717) is 83.2 Å². The van der Waals surface area contributed by atoms with Crippen LogP contribution < -0.4 is 40.8 Å². The van der Waals surface area contributed by atoms with E-state index in [2.05, 4.69) is 158 Å². The minimum atomic E-state index is -0.353. The van der Waals surface area contributed by atoms with Gasteiger partial charge in [0.15, 0.2) is 11.5 Å². The number of nitrogens with zero attached hydrogens (tertiary/aromatic N) is 6. The second-order valence-electron chi connectivity index (χ2n) is 24.4. The summed E-state index contributed by atoms with van der Waals surface area (Å²) in [6.45, 7) is 14.5. The molecule has 12 aromatic rings. The molecular formula is C83H73Br3N6O8. The molecule has 0 aliphatic heterocycles. The summed E-state index contributed by atoms with van der Waals surface area (Å²) in [5.74, 6) is 11.8. The van der Waals surface area contributed by atoms with Crippen LogP contribution in [-0.4, -0.2) is 62.7 Å². The van der Waals surface area contributed by atoms with Gasteiger partial charge in [-0.1, -0.05) is 188 Å². The number of fused-ring (bicyclic) bond motifs is 3. The largest absolute Gasteiger partial charge is 0.493 e. The van der Waals surface area contributed by atoms with Crippen molar-refractivity contribution in [3.63, 3.8) is 0 Å². The lowest BCUT2D eigenvalue weighted by Gasteiger charge is -2.16. The van der Waals surface area contributed by atoms with E-state index >= 15 is 0 Å². The van der Waals surface area contributed by atoms with Crippen molar-refractivity contribution in [1.82, 2.24) is 28.7 Å². The number of halogens is 3. The second-order valence-corrected chi connectivity index (χ2v) is 27.1. The number of aromatic nitrogens is 6. The van der Waals surface area contributed by atoms with Crippen LogP contribution in [0.25, 0.3) is 66.5 Å². The molecule has 0 N–H and O–H groups in total. The van der Waals surface area contributed by atoms with Crippen LogP contribution in [0.1, 0.15) is 92.7 Å². The van der Waals surface area contributed by atoms with Crippen molar-refractivity contribution in [3.8, 4) is 99.6 Å². The molecule has 9 aromatic carbocycles. The van der Waals surface area contributed by atoms with E-state index in [-0.39, 0.29) is 36.9 Å². The van der Waals surface area contributed by atoms with Crippen LogP contribution >= 0.6 is 47.8 Å². The molecule has 0 bridgehead atoms. The Morgan fingerprint density at radius 2 is 0.770 bits per heavy atom. The zero-order valence-corrected chi connectivity index (χ0v) is 61.4. The summed E-state index contributed by atoms with van der Waals surface area (Å²) >= 11 is 10.5. The van der Waals surface area contributed by atoms with Gasteiger partial charge in [-0.15, -0.1) is 19.3 Å². The molecule has 3 heterocycles. The quantitative estimate of drug-likeness (QED) is 0.0671. The molecule has 12 rings (SSSR count). The van der Waals surface area contributed by atoms with Crippen LogP contribution in [0.3, 0.4) is 0 Å². The fraction of sp³-hybridized carbons (Fsp3) is 0.205. The van der Waals surface area contributed by atoms with E-state index in [1.54, 1.807) is 27.9 Å². The highest BCUT2D eigenvalue weighted by atomic mass is 79.9. The van der Waals surface area contributed by atoms with Crippen molar-refractivity contribution in [1.29, 1.82) is 0 Å². The Bertz CT molecular complexity index is 5260. The fourth-order valence-corrected chi connectivity index (χ4v) is 12.8. The third kappa shape index (κ3) is 17.3. The number of hydrogen-bond acceptors (Lipinski definition) is 11. The van der Waals surface area contributed by atoms with Crippen molar-refractivity contribution in [2.45, 2.75) is 78.9 Å². The SMILES string of the molecule is C#CCOc1ccc2c(c1)c(-c1ccc(C(C)C)cc1)nc(=O)n2Cc1cc(Br)c(OC)c(OC)c1.C#CCOc1ccc2c(c1)c(-c1ccc(C(C)C)cc1)nc(=O)n2Cc1ccc(Br)cc1.C#CCOc1ccc2c(c1)c(-c1ccc(C(C)C)cc1)nc(=O)n2Cc1cccc(Br)c1. The molecule has 17 heteroatoms. The van der Waals surface area contributed by atoms with Crippen molar-refractivity contribution in [2.75, 3.05) is 34.0 Å². The Balaban J connectivity index is 0.000000162. The molecule has 0 atom stereocenters. The predicted molar refractivity (Wildman–Crippen MR) is 412 cm³/mol. The van der Waals surface area contributed by atoms with E-state index in [4.69, 9.17) is 43.0 Å². The normalized spacial score (nSPS) is 10.9. The lowest BCUT2D eigenvalue weighted by molar-refractivity contribution is 0.352. The maximum absolute atomic E-state index is 13.4. The Hall–Kier alpha value is -10.5. The number of methoxy groups -OCH3 is 2. The summed E-state index contributed by atoms with van der Waals surface area (Å²) in [5.41, 5.74) is 12.5. The van der Waals surface area contributed by atoms with Gasteiger partial charge in [-0.3, -0.25) is 13.7 Å². The first-order valence-corrected chi connectivity index (χ1v) is 34.7. The smallest absolute Gasteiger partial charge is 0.348 e. The van der Waals surface area contributed by atoms with Crippen molar-refractivity contribution in [2.24, 2.45) is 0 Å². The first-order valence-electron chi connectivity index (χ1n) is 32.3. The lowest BCUT2D eigenvalue weighted by atomic mass is 9.99. The van der Waals surface area contributed by atoms with E-state index in [9.17, 15) is 14.4 Å². The van der Waals surface area contributed by atoms with Crippen LogP contribution in [-0.2, 0) is 19.6 Å². The van der Waals surface area contributed by atoms with Crippen LogP contribution in [0, 0.1) is 37.0 Å². The molecule has 0 radical (unpaired) electrons. The highest BCUT2D eigenvalue weighted by Gasteiger charge is 2.20. The van der Waals surface area contributed by atoms with Crippen molar-refractivity contribution in [3.05, 3.63) is 266 Å². The summed E-state index contributed by atoms with van der Waals surface area (Å²) in [7, 11) is 3.16. The van der Waals surface area contributed by atoms with Crippen LogP contribution in [0.5, 0.6) is 28.7 Å². The molecule has 504 valence electrons. The molecule has 0 saturated carbocycles. The third-order valence-electron chi connectivity index (χ3n) is 16.7. The molecule has 0 saturated heterocycles. The standard InChI is InChI=1S/C29H27BrN2O4.2C27H23BrN2O2/c1-6-13-36-22-11-12-25-23(16-22)27(21-9-7-20(8-10-21)18(2)3)31-29(33)32(25)17-19-14-24(30)28(35-5)26(15-19)34-4;1-4-15-32-23-13-14-25-24(16-23)26(21-9-7-20(8-10-21)18(2)3)29-27(31)30(25)17-19-5-11-22(28)12-6-19;1-4-14-32-23-12-13-25-24(16-23)26(21-10-8-20(9-11-21)18(2)3)29-27(31)30(25)17-19-6-5-7-22(28)15-19/h1,7-12,14-16,18H,13,17H2,2-5H3;1,5-14,16,18H,15,17H2,2-3H3;1,5-13,15-16,18H,14,17H2,2-3H3. The maximum Gasteiger partial charge on any atom is 0.348 e. The van der Waals surface area contributed by atoms with E-state index in [1.165, 1.54) is 16.7 Å². The highest BCUT2D eigenvalue weighted by molar-refractivity contribution is 9.11. The molecule has 0 aliphatic carbocycles. The van der Waals surface area contributed by atoms with Gasteiger partial charge in [0, 0.05) is 41.8 Å². The van der Waals surface area contributed by atoms with Gasteiger partial charge in [0.1, 0.15) is 37.1 Å². The van der Waals surface area contributed by atoms with Gasteiger partial charge >= 0.3 is 17.1 Å². The Morgan fingerprint density at radius 3 is 1.11 bits per heavy atom. The average molecular weight is 1520 g/mol. The first-order chi connectivity index (χ1) is 48.3. The van der Waals surface area contributed by atoms with Gasteiger partial charge < -0.3 is 23.7 Å².